The number of aryl methyl sites for hydroxylation is 1. The van der Waals surface area contributed by atoms with Crippen LogP contribution in [0.2, 0.25) is 0 Å². The molecule has 0 radical (unpaired) electrons. The van der Waals surface area contributed by atoms with Crippen LogP contribution in [0.3, 0.4) is 0 Å². The van der Waals surface area contributed by atoms with Crippen LogP contribution in [0.1, 0.15) is 5.56 Å². The number of likely N-dealkylation sites (N-methyl/N-ethyl adjacent to an activating group) is 1. The fourth-order valence-electron chi connectivity index (χ4n) is 1.78. The number of nitrogens with one attached hydrogen (secondary N) is 1. The Kier molecular flexibility index (Phi) is 8.50. The van der Waals surface area contributed by atoms with Gasteiger partial charge in [-0.05, 0) is 12.1 Å². The lowest BCUT2D eigenvalue weighted by Gasteiger charge is -2.16. The van der Waals surface area contributed by atoms with Crippen molar-refractivity contribution in [3.63, 3.8) is 0 Å². The Morgan fingerprint density at radius 1 is 1.29 bits per heavy atom. The maximum atomic E-state index is 12.0. The van der Waals surface area contributed by atoms with E-state index in [4.69, 9.17) is 0 Å². The topological polar surface area (TPSA) is 50.2 Å². The molecule has 0 spiro atoms. The van der Waals surface area contributed by atoms with E-state index in [1.807, 2.05) is 43.6 Å². The number of para-hydroxylation sites is 1. The maximum Gasteiger partial charge on any atom is 0.241 e. The number of amides is 1. The van der Waals surface area contributed by atoms with Crippen LogP contribution in [0, 0.1) is 0 Å². The Morgan fingerprint density at radius 3 is 2.52 bits per heavy atom. The van der Waals surface area contributed by atoms with Crippen LogP contribution in [-0.2, 0) is 18.4 Å². The Bertz CT molecular complexity index is 545. The van der Waals surface area contributed by atoms with E-state index in [2.05, 4.69) is 10.4 Å². The normalized spacial score (nSPS) is 9.24. The maximum absolute atomic E-state index is 12.0. The fourth-order valence-corrected chi connectivity index (χ4v) is 1.78. The van der Waals surface area contributed by atoms with Crippen LogP contribution in [0.4, 0.5) is 5.69 Å². The number of carbonyl (C=O) groups is 1. The Hall–Kier alpha value is -1.72. The number of nitrogens with zero attached hydrogens (tertiary/aromatic N) is 3. The van der Waals surface area contributed by atoms with E-state index in [1.54, 1.807) is 22.8 Å². The number of carbonyl (C=O) groups excluding carboxylic acids is 1. The Balaban J connectivity index is 0.00000200. The number of aromatic nitrogens is 2. The molecule has 0 bridgehead atoms. The van der Waals surface area contributed by atoms with Gasteiger partial charge in [0.1, 0.15) is 0 Å². The van der Waals surface area contributed by atoms with Gasteiger partial charge in [-0.3, -0.25) is 9.48 Å². The molecule has 0 saturated carbocycles. The lowest BCUT2D eigenvalue weighted by molar-refractivity contribution is -0.128. The van der Waals surface area contributed by atoms with Crippen molar-refractivity contribution in [2.24, 2.45) is 7.05 Å². The second-order valence-electron chi connectivity index (χ2n) is 4.49. The third-order valence-electron chi connectivity index (χ3n) is 2.82. The van der Waals surface area contributed by atoms with E-state index in [-0.39, 0.29) is 30.7 Å². The van der Waals surface area contributed by atoms with Gasteiger partial charge in [-0.15, -0.1) is 24.8 Å². The number of hydrogen-bond acceptors (Lipinski definition) is 3. The van der Waals surface area contributed by atoms with Gasteiger partial charge in [0.2, 0.25) is 5.91 Å². The monoisotopic (exact) mass is 330 g/mol. The molecule has 21 heavy (non-hydrogen) atoms. The molecule has 1 aromatic carbocycles. The van der Waals surface area contributed by atoms with Crippen LogP contribution in [-0.4, -0.2) is 34.2 Å². The van der Waals surface area contributed by atoms with E-state index in [0.29, 0.717) is 13.1 Å². The van der Waals surface area contributed by atoms with Crippen LogP contribution in [0.25, 0.3) is 0 Å². The van der Waals surface area contributed by atoms with Crippen LogP contribution in [0.5, 0.6) is 0 Å². The molecule has 2 aromatic rings. The summed E-state index contributed by atoms with van der Waals surface area (Å²) in [4.78, 5) is 13.7. The summed E-state index contributed by atoms with van der Waals surface area (Å²) >= 11 is 0. The van der Waals surface area contributed by atoms with Crippen LogP contribution >= 0.6 is 24.8 Å². The third kappa shape index (κ3) is 6.06. The molecular formula is C14H20Cl2N4O. The van der Waals surface area contributed by atoms with E-state index in [9.17, 15) is 4.79 Å². The summed E-state index contributed by atoms with van der Waals surface area (Å²) in [5.41, 5.74) is 1.98. The van der Waals surface area contributed by atoms with Crippen molar-refractivity contribution in [2.75, 3.05) is 18.9 Å². The summed E-state index contributed by atoms with van der Waals surface area (Å²) in [7, 11) is 3.66. The molecule has 0 aliphatic rings. The smallest absolute Gasteiger partial charge is 0.241 e. The van der Waals surface area contributed by atoms with Gasteiger partial charge in [-0.25, -0.2) is 0 Å². The average molecular weight is 331 g/mol. The molecule has 0 aliphatic heterocycles. The van der Waals surface area contributed by atoms with Crippen molar-refractivity contribution >= 4 is 36.4 Å². The second-order valence-corrected chi connectivity index (χ2v) is 4.49. The quantitative estimate of drug-likeness (QED) is 0.915. The van der Waals surface area contributed by atoms with E-state index >= 15 is 0 Å². The van der Waals surface area contributed by atoms with Crippen molar-refractivity contribution in [3.8, 4) is 0 Å². The van der Waals surface area contributed by atoms with Crippen molar-refractivity contribution < 1.29 is 4.79 Å². The lowest BCUT2D eigenvalue weighted by Crippen LogP contribution is -2.31. The van der Waals surface area contributed by atoms with E-state index in [1.165, 1.54) is 0 Å². The number of hydrogen-bond donors (Lipinski definition) is 1. The average Bonchev–Trinajstić information content (AvgIpc) is 2.82. The molecule has 5 nitrogen and oxygen atoms in total. The van der Waals surface area contributed by atoms with Gasteiger partial charge in [0.05, 0.1) is 12.7 Å². The summed E-state index contributed by atoms with van der Waals surface area (Å²) in [5, 5.41) is 7.19. The van der Waals surface area contributed by atoms with Gasteiger partial charge < -0.3 is 10.2 Å². The van der Waals surface area contributed by atoms with Gasteiger partial charge in [-0.2, -0.15) is 5.10 Å². The first-order valence-electron chi connectivity index (χ1n) is 6.15. The lowest BCUT2D eigenvalue weighted by atomic mass is 10.3. The van der Waals surface area contributed by atoms with Gasteiger partial charge in [0, 0.05) is 38.1 Å². The SMILES string of the molecule is CN(Cc1cnn(C)c1)C(=O)CNc1ccccc1.Cl.Cl. The summed E-state index contributed by atoms with van der Waals surface area (Å²) in [6.07, 6.45) is 3.68. The summed E-state index contributed by atoms with van der Waals surface area (Å²) in [5.74, 6) is 0.0488. The fraction of sp³-hybridized carbons (Fsp3) is 0.286. The molecule has 0 saturated heterocycles. The first-order valence-corrected chi connectivity index (χ1v) is 6.15. The molecule has 1 N–H and O–H groups in total. The van der Waals surface area contributed by atoms with Crippen molar-refractivity contribution in [2.45, 2.75) is 6.54 Å². The van der Waals surface area contributed by atoms with Crippen molar-refractivity contribution in [1.82, 2.24) is 14.7 Å². The van der Waals surface area contributed by atoms with Gasteiger partial charge in [0.15, 0.2) is 0 Å². The van der Waals surface area contributed by atoms with E-state index < -0.39 is 0 Å². The van der Waals surface area contributed by atoms with Crippen molar-refractivity contribution in [1.29, 1.82) is 0 Å². The summed E-state index contributed by atoms with van der Waals surface area (Å²) in [6, 6.07) is 9.70. The van der Waals surface area contributed by atoms with Crippen LogP contribution in [0.15, 0.2) is 42.7 Å². The summed E-state index contributed by atoms with van der Waals surface area (Å²) in [6.45, 7) is 0.865. The highest BCUT2D eigenvalue weighted by atomic mass is 35.5. The Morgan fingerprint density at radius 2 is 1.95 bits per heavy atom. The first kappa shape index (κ1) is 19.3. The second kappa shape index (κ2) is 9.26. The predicted molar refractivity (Wildman–Crippen MR) is 89.1 cm³/mol. The summed E-state index contributed by atoms with van der Waals surface area (Å²) < 4.78 is 1.73. The predicted octanol–water partition coefficient (Wildman–Crippen LogP) is 2.33. The van der Waals surface area contributed by atoms with E-state index in [0.717, 1.165) is 11.3 Å². The number of rotatable bonds is 5. The van der Waals surface area contributed by atoms with Gasteiger partial charge >= 0.3 is 0 Å². The standard InChI is InChI=1S/C14H18N4O.2ClH/c1-17(10-12-8-16-18(2)11-12)14(19)9-15-13-6-4-3-5-7-13;;/h3-8,11,15H,9-10H2,1-2H3;2*1H. The highest BCUT2D eigenvalue weighted by molar-refractivity contribution is 5.85. The molecule has 0 unspecified atom stereocenters. The highest BCUT2D eigenvalue weighted by Gasteiger charge is 2.09. The zero-order valence-corrected chi connectivity index (χ0v) is 13.7. The molecule has 1 amide bonds. The number of benzene rings is 1. The molecule has 7 heteroatoms. The molecule has 1 aromatic heterocycles. The Labute approximate surface area is 137 Å². The van der Waals surface area contributed by atoms with Crippen LogP contribution < -0.4 is 5.32 Å². The zero-order chi connectivity index (χ0) is 13.7. The van der Waals surface area contributed by atoms with Gasteiger partial charge in [-0.1, -0.05) is 18.2 Å². The number of halogens is 2. The first-order chi connectivity index (χ1) is 9.15. The molecule has 116 valence electrons. The number of anilines is 1. The minimum atomic E-state index is 0. The highest BCUT2D eigenvalue weighted by Crippen LogP contribution is 2.05. The van der Waals surface area contributed by atoms with Crippen molar-refractivity contribution in [3.05, 3.63) is 48.3 Å². The molecular weight excluding hydrogens is 311 g/mol. The molecule has 0 atom stereocenters. The third-order valence-corrected chi connectivity index (χ3v) is 2.82. The molecule has 0 fully saturated rings. The minimum absolute atomic E-state index is 0. The largest absolute Gasteiger partial charge is 0.376 e. The minimum Gasteiger partial charge on any atom is -0.376 e. The zero-order valence-electron chi connectivity index (χ0n) is 12.0. The van der Waals surface area contributed by atoms with Gasteiger partial charge in [0.25, 0.3) is 0 Å². The molecule has 2 rings (SSSR count). The molecule has 0 aliphatic carbocycles. The molecule has 1 heterocycles.